The molecule has 78 valence electrons. The molecule has 1 aromatic carbocycles. The molecule has 15 heavy (non-hydrogen) atoms. The van der Waals surface area contributed by atoms with Gasteiger partial charge in [0.05, 0.1) is 0 Å². The molecule has 0 aromatic heterocycles. The molecule has 1 aliphatic heterocycles. The second-order valence-corrected chi connectivity index (χ2v) is 3.09. The third kappa shape index (κ3) is 2.78. The molecular formula is C10H11N3O2. The predicted octanol–water partition coefficient (Wildman–Crippen LogP) is 0.829. The zero-order chi connectivity index (χ0) is 10.5. The van der Waals surface area contributed by atoms with E-state index in [1.807, 2.05) is 30.3 Å². The molecule has 0 saturated carbocycles. The van der Waals surface area contributed by atoms with Crippen molar-refractivity contribution in [2.75, 3.05) is 6.61 Å². The van der Waals surface area contributed by atoms with E-state index >= 15 is 0 Å². The molecule has 1 aliphatic rings. The molecule has 2 rings (SSSR count). The summed E-state index contributed by atoms with van der Waals surface area (Å²) < 4.78 is 0. The van der Waals surface area contributed by atoms with Crippen molar-refractivity contribution in [1.29, 1.82) is 0 Å². The molecule has 2 N–H and O–H groups in total. The fourth-order valence-electron chi connectivity index (χ4n) is 1.23. The van der Waals surface area contributed by atoms with E-state index in [2.05, 4.69) is 15.8 Å². The van der Waals surface area contributed by atoms with Gasteiger partial charge in [-0.2, -0.15) is 4.99 Å². The van der Waals surface area contributed by atoms with Gasteiger partial charge >= 0.3 is 6.03 Å². The molecule has 0 fully saturated rings. The van der Waals surface area contributed by atoms with Gasteiger partial charge in [-0.05, 0) is 5.56 Å². The lowest BCUT2D eigenvalue weighted by molar-refractivity contribution is 0.0843. The summed E-state index contributed by atoms with van der Waals surface area (Å²) in [6, 6.07) is 9.40. The minimum absolute atomic E-state index is 0.276. The minimum Gasteiger partial charge on any atom is -0.367 e. The number of nitrogens with one attached hydrogen (secondary N) is 2. The van der Waals surface area contributed by atoms with Crippen LogP contribution in [-0.4, -0.2) is 18.5 Å². The van der Waals surface area contributed by atoms with Crippen molar-refractivity contribution in [1.82, 2.24) is 10.8 Å². The van der Waals surface area contributed by atoms with Crippen LogP contribution in [0, 0.1) is 0 Å². The van der Waals surface area contributed by atoms with Crippen molar-refractivity contribution in [3.8, 4) is 0 Å². The van der Waals surface area contributed by atoms with E-state index in [1.165, 1.54) is 0 Å². The highest BCUT2D eigenvalue weighted by Crippen LogP contribution is 1.98. The van der Waals surface area contributed by atoms with Crippen LogP contribution >= 0.6 is 0 Å². The van der Waals surface area contributed by atoms with Crippen LogP contribution in [0.1, 0.15) is 5.56 Å². The number of urea groups is 1. The number of hydrogen-bond donors (Lipinski definition) is 2. The van der Waals surface area contributed by atoms with Gasteiger partial charge in [-0.25, -0.2) is 10.3 Å². The monoisotopic (exact) mass is 205 g/mol. The molecule has 0 saturated heterocycles. The van der Waals surface area contributed by atoms with Gasteiger partial charge in [0.2, 0.25) is 0 Å². The highest BCUT2D eigenvalue weighted by Gasteiger charge is 2.10. The number of rotatable bonds is 2. The molecule has 1 aromatic rings. The molecule has 0 aliphatic carbocycles. The summed E-state index contributed by atoms with van der Waals surface area (Å²) in [5.74, 6) is 0.544. The van der Waals surface area contributed by atoms with Gasteiger partial charge in [0.15, 0.2) is 0 Å². The summed E-state index contributed by atoms with van der Waals surface area (Å²) in [6.07, 6.45) is 0. The highest BCUT2D eigenvalue weighted by molar-refractivity contribution is 5.95. The molecule has 5 nitrogen and oxygen atoms in total. The van der Waals surface area contributed by atoms with Crippen molar-refractivity contribution in [2.24, 2.45) is 4.99 Å². The van der Waals surface area contributed by atoms with Crippen LogP contribution in [0.2, 0.25) is 0 Å². The number of aliphatic imine (C=N–C) groups is 1. The van der Waals surface area contributed by atoms with Crippen LogP contribution in [0.5, 0.6) is 0 Å². The summed E-state index contributed by atoms with van der Waals surface area (Å²) in [7, 11) is 0. The Kier molecular flexibility index (Phi) is 2.94. The molecule has 0 unspecified atom stereocenters. The van der Waals surface area contributed by atoms with Crippen molar-refractivity contribution in [2.45, 2.75) is 6.54 Å². The Bertz CT molecular complexity index is 376. The number of carbonyl (C=O) groups excluding carboxylic acids is 1. The Balaban J connectivity index is 1.91. The average Bonchev–Trinajstić information content (AvgIpc) is 2.28. The molecular weight excluding hydrogens is 194 g/mol. The van der Waals surface area contributed by atoms with Gasteiger partial charge in [-0.15, -0.1) is 0 Å². The van der Waals surface area contributed by atoms with Gasteiger partial charge in [0.1, 0.15) is 12.4 Å². The molecule has 1 heterocycles. The lowest BCUT2D eigenvalue weighted by atomic mass is 10.2. The Hall–Kier alpha value is -1.88. The molecule has 0 radical (unpaired) electrons. The van der Waals surface area contributed by atoms with Crippen LogP contribution in [0.15, 0.2) is 35.3 Å². The van der Waals surface area contributed by atoms with Crippen LogP contribution in [0.3, 0.4) is 0 Å². The molecule has 5 heteroatoms. The van der Waals surface area contributed by atoms with E-state index in [0.717, 1.165) is 5.56 Å². The average molecular weight is 205 g/mol. The second-order valence-electron chi connectivity index (χ2n) is 3.09. The number of amidine groups is 1. The third-order valence-electron chi connectivity index (χ3n) is 1.94. The third-order valence-corrected chi connectivity index (χ3v) is 1.94. The van der Waals surface area contributed by atoms with Gasteiger partial charge in [-0.3, -0.25) is 4.84 Å². The zero-order valence-electron chi connectivity index (χ0n) is 8.06. The molecule has 2 amide bonds. The molecule has 0 bridgehead atoms. The summed E-state index contributed by atoms with van der Waals surface area (Å²) in [5, 5.41) is 3.03. The van der Waals surface area contributed by atoms with E-state index in [1.54, 1.807) is 0 Å². The highest BCUT2D eigenvalue weighted by atomic mass is 16.7. The van der Waals surface area contributed by atoms with Crippen molar-refractivity contribution in [3.63, 3.8) is 0 Å². The topological polar surface area (TPSA) is 62.7 Å². The Morgan fingerprint density at radius 1 is 1.40 bits per heavy atom. The van der Waals surface area contributed by atoms with Gasteiger partial charge in [-0.1, -0.05) is 30.3 Å². The standard InChI is InChI=1S/C10H11N3O2/c14-10-12-9(7-15-13-10)11-6-8-4-2-1-3-5-8/h1-5H,6-7H2,(H2,11,12,13,14). The molecule has 0 atom stereocenters. The van der Waals surface area contributed by atoms with Crippen molar-refractivity contribution in [3.05, 3.63) is 35.9 Å². The fraction of sp³-hybridized carbons (Fsp3) is 0.200. The van der Waals surface area contributed by atoms with E-state index in [4.69, 9.17) is 4.84 Å². The summed E-state index contributed by atoms with van der Waals surface area (Å²) in [4.78, 5) is 19.3. The lowest BCUT2D eigenvalue weighted by Crippen LogP contribution is -2.38. The Morgan fingerprint density at radius 2 is 2.20 bits per heavy atom. The minimum atomic E-state index is -0.475. The maximum atomic E-state index is 10.8. The number of hydrogen-bond acceptors (Lipinski definition) is 3. The number of carbonyl (C=O) groups is 1. The van der Waals surface area contributed by atoms with Crippen molar-refractivity contribution >= 4 is 11.9 Å². The summed E-state index contributed by atoms with van der Waals surface area (Å²) >= 11 is 0. The quantitative estimate of drug-likeness (QED) is 0.751. The van der Waals surface area contributed by atoms with Gasteiger partial charge < -0.3 is 5.32 Å². The van der Waals surface area contributed by atoms with Crippen LogP contribution in [-0.2, 0) is 11.4 Å². The SMILES string of the molecule is O=C1N=C(NCc2ccccc2)CON1. The zero-order valence-corrected chi connectivity index (χ0v) is 8.06. The first-order valence-corrected chi connectivity index (χ1v) is 4.62. The summed E-state index contributed by atoms with van der Waals surface area (Å²) in [6.45, 7) is 0.912. The Labute approximate surface area is 87.1 Å². The predicted molar refractivity (Wildman–Crippen MR) is 55.2 cm³/mol. The van der Waals surface area contributed by atoms with Crippen LogP contribution in [0.4, 0.5) is 4.79 Å². The first kappa shape index (κ1) is 9.67. The normalized spacial score (nSPS) is 15.5. The van der Waals surface area contributed by atoms with Gasteiger partial charge in [0.25, 0.3) is 0 Å². The number of hydroxylamine groups is 1. The number of nitrogens with zero attached hydrogens (tertiary/aromatic N) is 1. The van der Waals surface area contributed by atoms with Crippen molar-refractivity contribution < 1.29 is 9.63 Å². The fourth-order valence-corrected chi connectivity index (χ4v) is 1.23. The van der Waals surface area contributed by atoms with Gasteiger partial charge in [0, 0.05) is 6.54 Å². The van der Waals surface area contributed by atoms with Crippen LogP contribution in [0.25, 0.3) is 0 Å². The first-order chi connectivity index (χ1) is 7.34. The largest absolute Gasteiger partial charge is 0.367 e. The van der Waals surface area contributed by atoms with E-state index in [-0.39, 0.29) is 6.61 Å². The summed E-state index contributed by atoms with van der Waals surface area (Å²) in [5.41, 5.74) is 3.27. The number of benzene rings is 1. The van der Waals surface area contributed by atoms with E-state index in [9.17, 15) is 4.79 Å². The van der Waals surface area contributed by atoms with Crippen LogP contribution < -0.4 is 10.8 Å². The number of amides is 2. The Morgan fingerprint density at radius 3 is 2.93 bits per heavy atom. The molecule has 0 spiro atoms. The smallest absolute Gasteiger partial charge is 0.366 e. The second kappa shape index (κ2) is 4.56. The van der Waals surface area contributed by atoms with E-state index < -0.39 is 6.03 Å². The van der Waals surface area contributed by atoms with E-state index in [0.29, 0.717) is 12.4 Å². The lowest BCUT2D eigenvalue weighted by Gasteiger charge is -2.13. The maximum absolute atomic E-state index is 10.8. The maximum Gasteiger partial charge on any atom is 0.366 e. The first-order valence-electron chi connectivity index (χ1n) is 4.62.